The number of allylic oxidation sites excluding steroid dienone is 1. The van der Waals surface area contributed by atoms with Gasteiger partial charge in [0.2, 0.25) is 0 Å². The molecule has 0 aliphatic carbocycles. The third-order valence-electron chi connectivity index (χ3n) is 13.5. The molecule has 0 bridgehead atoms. The minimum absolute atomic E-state index is 0.692. The lowest BCUT2D eigenvalue weighted by Gasteiger charge is -2.10. The van der Waals surface area contributed by atoms with Crippen LogP contribution < -0.4 is 0 Å². The molecule has 8 heteroatoms. The molecule has 0 fully saturated rings. The van der Waals surface area contributed by atoms with Crippen LogP contribution in [-0.2, 0) is 0 Å². The Kier molecular flexibility index (Phi) is 9.42. The van der Waals surface area contributed by atoms with Gasteiger partial charge in [0.1, 0.15) is 46.4 Å². The molecule has 0 N–H and O–H groups in total. The first kappa shape index (κ1) is 40.8. The van der Waals surface area contributed by atoms with Crippen molar-refractivity contribution in [2.45, 2.75) is 13.8 Å². The molecule has 6 heterocycles. The van der Waals surface area contributed by atoms with Crippen LogP contribution >= 0.6 is 0 Å². The molecule has 0 spiro atoms. The van der Waals surface area contributed by atoms with Crippen LogP contribution in [-0.4, -0.2) is 29.1 Å². The van der Waals surface area contributed by atoms with Crippen molar-refractivity contribution >= 4 is 99.2 Å². The summed E-state index contributed by atoms with van der Waals surface area (Å²) >= 11 is 0. The topological polar surface area (TPSA) is 87.7 Å². The summed E-state index contributed by atoms with van der Waals surface area (Å²) in [6.45, 7) is 11.4. The van der Waals surface area contributed by atoms with E-state index in [9.17, 15) is 0 Å². The van der Waals surface area contributed by atoms with Crippen LogP contribution in [0, 0.1) is 6.92 Å². The van der Waals surface area contributed by atoms with Crippen molar-refractivity contribution in [1.82, 2.24) is 29.1 Å². The van der Waals surface area contributed by atoms with Crippen LogP contribution in [0.25, 0.3) is 133 Å². The van der Waals surface area contributed by atoms with Crippen LogP contribution in [0.15, 0.2) is 211 Å². The number of benzene rings is 8. The summed E-state index contributed by atoms with van der Waals surface area (Å²) in [5, 5.41) is 8.41. The summed E-state index contributed by atoms with van der Waals surface area (Å²) in [5.74, 6) is 0.808. The van der Waals surface area contributed by atoms with Gasteiger partial charge in [-0.2, -0.15) is 0 Å². The minimum atomic E-state index is 0.692. The maximum absolute atomic E-state index is 6.25. The Labute approximate surface area is 401 Å². The molecule has 8 aromatic carbocycles. The number of hydrogen-bond donors (Lipinski definition) is 0. The smallest absolute Gasteiger partial charge is 0.180 e. The summed E-state index contributed by atoms with van der Waals surface area (Å²) in [6.07, 6.45) is 4.89. The van der Waals surface area contributed by atoms with Crippen LogP contribution in [0.4, 0.5) is 0 Å². The fourth-order valence-electron chi connectivity index (χ4n) is 10.3. The van der Waals surface area contributed by atoms with Crippen LogP contribution in [0.5, 0.6) is 0 Å². The predicted octanol–water partition coefficient (Wildman–Crippen LogP) is 16.3. The standard InChI is InChI=1S/C50H30N4O.C12H12N2O/c1-2-10-33-27-37(24-17-31(33)9-1)54-44-15-7-4-12-39(44)42-29-35(21-26-46(42)54)34-20-25-45-41(28-34)38-11-3-6-14-43(38)53(45)36-22-18-32(19-23-36)48-50-49(52-30-51-48)40-13-5-8-16-47(40)55-50;1-5-9-8(4)15-12-10(7(2)3)13-6-14-11(9)12/h1-30H;5-6H,1-2H2,3-4H3. The lowest BCUT2D eigenvalue weighted by molar-refractivity contribution is 0.574. The molecular weight excluding hydrogens is 861 g/mol. The molecule has 332 valence electrons. The van der Waals surface area contributed by atoms with E-state index < -0.39 is 0 Å². The maximum Gasteiger partial charge on any atom is 0.180 e. The number of aromatic nitrogens is 6. The zero-order chi connectivity index (χ0) is 47.0. The Hall–Kier alpha value is -9.40. The average Bonchev–Trinajstić information content (AvgIpc) is 4.15. The molecule has 0 radical (unpaired) electrons. The van der Waals surface area contributed by atoms with E-state index in [4.69, 9.17) is 8.83 Å². The molecule has 8 nitrogen and oxygen atoms in total. The molecule has 0 unspecified atom stereocenters. The van der Waals surface area contributed by atoms with Gasteiger partial charge in [-0.1, -0.05) is 122 Å². The highest BCUT2D eigenvalue weighted by Crippen LogP contribution is 2.40. The van der Waals surface area contributed by atoms with Gasteiger partial charge in [-0.3, -0.25) is 0 Å². The first-order valence-corrected chi connectivity index (χ1v) is 23.2. The summed E-state index contributed by atoms with van der Waals surface area (Å²) in [5.41, 5.74) is 17.5. The minimum Gasteiger partial charge on any atom is -0.457 e. The Morgan fingerprint density at radius 3 is 1.73 bits per heavy atom. The van der Waals surface area contributed by atoms with Crippen LogP contribution in [0.3, 0.4) is 0 Å². The highest BCUT2D eigenvalue weighted by Gasteiger charge is 2.19. The second-order valence-corrected chi connectivity index (χ2v) is 17.7. The first-order chi connectivity index (χ1) is 34.4. The fourth-order valence-corrected chi connectivity index (χ4v) is 10.3. The van der Waals surface area contributed by atoms with Gasteiger partial charge in [0, 0.05) is 49.4 Å². The third-order valence-corrected chi connectivity index (χ3v) is 13.5. The second kappa shape index (κ2) is 16.1. The van der Waals surface area contributed by atoms with Crippen molar-refractivity contribution in [1.29, 1.82) is 0 Å². The summed E-state index contributed by atoms with van der Waals surface area (Å²) < 4.78 is 16.6. The average molecular weight is 903 g/mol. The Morgan fingerprint density at radius 2 is 1.04 bits per heavy atom. The number of fused-ring (bicyclic) bond motifs is 11. The van der Waals surface area contributed by atoms with Crippen molar-refractivity contribution < 1.29 is 8.83 Å². The summed E-state index contributed by atoms with van der Waals surface area (Å²) in [7, 11) is 0. The summed E-state index contributed by atoms with van der Waals surface area (Å²) in [4.78, 5) is 17.6. The van der Waals surface area contributed by atoms with E-state index in [1.165, 1.54) is 66.5 Å². The zero-order valence-electron chi connectivity index (χ0n) is 38.4. The highest BCUT2D eigenvalue weighted by atomic mass is 16.3. The summed E-state index contributed by atoms with van der Waals surface area (Å²) in [6, 6.07) is 63.1. The quantitative estimate of drug-likeness (QED) is 0.165. The number of aryl methyl sites for hydroxylation is 1. The third kappa shape index (κ3) is 6.45. The highest BCUT2D eigenvalue weighted by molar-refractivity contribution is 6.13. The molecule has 0 aliphatic rings. The molecule has 0 amide bonds. The Balaban J connectivity index is 0.000000275. The molecule has 14 rings (SSSR count). The van der Waals surface area contributed by atoms with Crippen LogP contribution in [0.1, 0.15) is 23.9 Å². The molecule has 0 aliphatic heterocycles. The molecule has 0 atom stereocenters. The fraction of sp³-hybridized carbons (Fsp3) is 0.0323. The maximum atomic E-state index is 6.25. The van der Waals surface area contributed by atoms with E-state index in [1.54, 1.807) is 12.4 Å². The SMILES string of the molecule is C=Cc1c(C)oc2c(C(=C)C)ncnc12.c1ccc2cc(-n3c4ccccc4c4cc(-c5ccc6c(c5)c5ccccc5n6-c5ccc(-c6ncnc7c6oc6ccccc67)cc5)ccc43)ccc2c1. The Bertz CT molecular complexity index is 4430. The Morgan fingerprint density at radius 1 is 0.486 bits per heavy atom. The van der Waals surface area contributed by atoms with Crippen molar-refractivity contribution in [2.75, 3.05) is 0 Å². The molecular formula is C62H42N6O2. The number of nitrogens with zero attached hydrogens (tertiary/aromatic N) is 6. The van der Waals surface area contributed by atoms with E-state index in [0.717, 1.165) is 72.6 Å². The van der Waals surface area contributed by atoms with Gasteiger partial charge in [-0.25, -0.2) is 19.9 Å². The lowest BCUT2D eigenvalue weighted by atomic mass is 10.0. The largest absolute Gasteiger partial charge is 0.457 e. The number of hydrogen-bond acceptors (Lipinski definition) is 6. The molecule has 0 saturated heterocycles. The predicted molar refractivity (Wildman–Crippen MR) is 288 cm³/mol. The van der Waals surface area contributed by atoms with Crippen molar-refractivity contribution in [3.8, 4) is 33.8 Å². The molecule has 14 aromatic rings. The van der Waals surface area contributed by atoms with Gasteiger partial charge in [-0.15, -0.1) is 0 Å². The van der Waals surface area contributed by atoms with Gasteiger partial charge >= 0.3 is 0 Å². The van der Waals surface area contributed by atoms with Crippen molar-refractivity contribution in [3.05, 3.63) is 219 Å². The van der Waals surface area contributed by atoms with E-state index in [1.807, 2.05) is 38.1 Å². The van der Waals surface area contributed by atoms with Gasteiger partial charge < -0.3 is 18.0 Å². The molecule has 0 saturated carbocycles. The second-order valence-electron chi connectivity index (χ2n) is 17.7. The van der Waals surface area contributed by atoms with Crippen LogP contribution in [0.2, 0.25) is 0 Å². The normalized spacial score (nSPS) is 11.7. The lowest BCUT2D eigenvalue weighted by Crippen LogP contribution is -1.94. The molecule has 70 heavy (non-hydrogen) atoms. The number of rotatable bonds is 6. The first-order valence-electron chi connectivity index (χ1n) is 23.2. The van der Waals surface area contributed by atoms with E-state index in [2.05, 4.69) is 194 Å². The monoisotopic (exact) mass is 902 g/mol. The van der Waals surface area contributed by atoms with E-state index in [0.29, 0.717) is 11.2 Å². The van der Waals surface area contributed by atoms with Gasteiger partial charge in [0.15, 0.2) is 11.2 Å². The number of para-hydroxylation sites is 3. The van der Waals surface area contributed by atoms with Crippen molar-refractivity contribution in [2.24, 2.45) is 0 Å². The number of furan rings is 2. The zero-order valence-corrected chi connectivity index (χ0v) is 38.4. The van der Waals surface area contributed by atoms with Gasteiger partial charge in [0.05, 0.1) is 22.1 Å². The van der Waals surface area contributed by atoms with E-state index in [-0.39, 0.29) is 0 Å². The van der Waals surface area contributed by atoms with Crippen molar-refractivity contribution in [3.63, 3.8) is 0 Å². The molecule has 6 aromatic heterocycles. The van der Waals surface area contributed by atoms with E-state index >= 15 is 0 Å². The van der Waals surface area contributed by atoms with Gasteiger partial charge in [-0.05, 0) is 114 Å². The van der Waals surface area contributed by atoms with Gasteiger partial charge in [0.25, 0.3) is 0 Å².